The maximum absolute atomic E-state index is 12.8. The van der Waals surface area contributed by atoms with E-state index in [0.717, 1.165) is 10.6 Å². The van der Waals surface area contributed by atoms with Crippen molar-refractivity contribution in [3.05, 3.63) is 52.5 Å². The Morgan fingerprint density at radius 1 is 1.12 bits per heavy atom. The number of para-hydroxylation sites is 2. The smallest absolute Gasteiger partial charge is 0.235 e. The third-order valence-electron chi connectivity index (χ3n) is 4.36. The highest BCUT2D eigenvalue weighted by atomic mass is 35.5. The first-order valence-electron chi connectivity index (χ1n) is 8.39. The molecule has 1 fully saturated rings. The molecule has 1 atom stereocenters. The summed E-state index contributed by atoms with van der Waals surface area (Å²) in [4.78, 5) is 17.6. The second-order valence-corrected chi connectivity index (χ2v) is 8.36. The van der Waals surface area contributed by atoms with Gasteiger partial charge in [0.05, 0.1) is 16.0 Å². The van der Waals surface area contributed by atoms with E-state index < -0.39 is 0 Å². The molecule has 4 nitrogen and oxygen atoms in total. The van der Waals surface area contributed by atoms with E-state index in [0.29, 0.717) is 36.2 Å². The van der Waals surface area contributed by atoms with Crippen molar-refractivity contribution in [2.45, 2.75) is 17.1 Å². The largest absolute Gasteiger partial charge is 0.506 e. The number of phenols is 1. The molecule has 1 amide bonds. The number of anilines is 1. The van der Waals surface area contributed by atoms with Crippen molar-refractivity contribution in [1.29, 1.82) is 0 Å². The summed E-state index contributed by atoms with van der Waals surface area (Å²) in [5.41, 5.74) is 0.813. The molecule has 0 aliphatic carbocycles. The Bertz CT molecular complexity index is 795. The van der Waals surface area contributed by atoms with Gasteiger partial charge in [-0.2, -0.15) is 0 Å². The van der Waals surface area contributed by atoms with Gasteiger partial charge in [-0.25, -0.2) is 0 Å². The van der Waals surface area contributed by atoms with Gasteiger partial charge in [-0.1, -0.05) is 35.3 Å². The standard InChI is InChI=1S/C19H20Cl2N2O2S/c1-13(26-18-12-14(20)6-7-15(18)21)19(25)23-10-8-22(9-11-23)16-4-2-3-5-17(16)24/h2-7,12-13,24H,8-11H2,1H3. The van der Waals surface area contributed by atoms with Crippen LogP contribution in [0, 0.1) is 0 Å². The molecule has 1 N–H and O–H groups in total. The van der Waals surface area contributed by atoms with E-state index in [9.17, 15) is 9.90 Å². The van der Waals surface area contributed by atoms with Gasteiger partial charge in [-0.3, -0.25) is 4.79 Å². The normalized spacial score (nSPS) is 15.8. The van der Waals surface area contributed by atoms with Gasteiger partial charge in [-0.05, 0) is 37.3 Å². The SMILES string of the molecule is CC(Sc1cc(Cl)ccc1Cl)C(=O)N1CCN(c2ccccc2O)CC1. The predicted octanol–water partition coefficient (Wildman–Crippen LogP) is 4.53. The fourth-order valence-corrected chi connectivity index (χ4v) is 4.46. The summed E-state index contributed by atoms with van der Waals surface area (Å²) in [6.07, 6.45) is 0. The first-order chi connectivity index (χ1) is 12.5. The number of hydrogen-bond donors (Lipinski definition) is 1. The summed E-state index contributed by atoms with van der Waals surface area (Å²) in [6.45, 7) is 4.53. The molecule has 3 rings (SSSR count). The minimum absolute atomic E-state index is 0.0861. The highest BCUT2D eigenvalue weighted by Crippen LogP contribution is 2.33. The topological polar surface area (TPSA) is 43.8 Å². The molecule has 1 heterocycles. The molecule has 0 spiro atoms. The van der Waals surface area contributed by atoms with E-state index in [1.165, 1.54) is 11.8 Å². The number of benzene rings is 2. The van der Waals surface area contributed by atoms with Crippen LogP contribution in [0.25, 0.3) is 0 Å². The molecule has 1 aliphatic rings. The lowest BCUT2D eigenvalue weighted by molar-refractivity contribution is -0.130. The number of phenolic OH excluding ortho intramolecular Hbond substituents is 1. The van der Waals surface area contributed by atoms with Crippen molar-refractivity contribution in [3.63, 3.8) is 0 Å². The van der Waals surface area contributed by atoms with Crippen LogP contribution < -0.4 is 4.90 Å². The number of hydrogen-bond acceptors (Lipinski definition) is 4. The van der Waals surface area contributed by atoms with Crippen LogP contribution in [0.3, 0.4) is 0 Å². The number of thioether (sulfide) groups is 1. The van der Waals surface area contributed by atoms with Crippen molar-refractivity contribution in [1.82, 2.24) is 4.90 Å². The van der Waals surface area contributed by atoms with Crippen LogP contribution in [0.2, 0.25) is 10.0 Å². The molecule has 0 bridgehead atoms. The molecule has 2 aromatic rings. The summed E-state index contributed by atoms with van der Waals surface area (Å²) in [5.74, 6) is 0.356. The molecular weight excluding hydrogens is 391 g/mol. The van der Waals surface area contributed by atoms with Gasteiger partial charge in [0.1, 0.15) is 5.75 Å². The van der Waals surface area contributed by atoms with Gasteiger partial charge in [0.25, 0.3) is 0 Å². The van der Waals surface area contributed by atoms with Gasteiger partial charge in [0.15, 0.2) is 0 Å². The molecule has 1 saturated heterocycles. The van der Waals surface area contributed by atoms with E-state index in [1.54, 1.807) is 30.3 Å². The minimum atomic E-state index is -0.248. The van der Waals surface area contributed by atoms with Crippen LogP contribution in [-0.4, -0.2) is 47.3 Å². The molecule has 26 heavy (non-hydrogen) atoms. The monoisotopic (exact) mass is 410 g/mol. The van der Waals surface area contributed by atoms with E-state index in [-0.39, 0.29) is 16.9 Å². The molecule has 0 saturated carbocycles. The Morgan fingerprint density at radius 3 is 2.50 bits per heavy atom. The lowest BCUT2D eigenvalue weighted by atomic mass is 10.2. The van der Waals surface area contributed by atoms with Crippen molar-refractivity contribution < 1.29 is 9.90 Å². The van der Waals surface area contributed by atoms with Gasteiger partial charge < -0.3 is 14.9 Å². The third-order valence-corrected chi connectivity index (χ3v) is 6.18. The number of nitrogens with zero attached hydrogens (tertiary/aromatic N) is 2. The molecular formula is C19H20Cl2N2O2S. The number of aromatic hydroxyl groups is 1. The molecule has 0 aromatic heterocycles. The predicted molar refractivity (Wildman–Crippen MR) is 109 cm³/mol. The quantitative estimate of drug-likeness (QED) is 0.751. The van der Waals surface area contributed by atoms with E-state index >= 15 is 0 Å². The second-order valence-electron chi connectivity index (χ2n) is 6.14. The first-order valence-corrected chi connectivity index (χ1v) is 10.0. The third kappa shape index (κ3) is 4.40. The highest BCUT2D eigenvalue weighted by molar-refractivity contribution is 8.00. The van der Waals surface area contributed by atoms with Crippen molar-refractivity contribution in [2.75, 3.05) is 31.1 Å². The Kier molecular flexibility index (Phi) is 6.22. The van der Waals surface area contributed by atoms with E-state index in [4.69, 9.17) is 23.2 Å². The van der Waals surface area contributed by atoms with Gasteiger partial charge in [-0.15, -0.1) is 11.8 Å². The first kappa shape index (κ1) is 19.2. The summed E-state index contributed by atoms with van der Waals surface area (Å²) < 4.78 is 0. The van der Waals surface area contributed by atoms with Crippen LogP contribution in [0.5, 0.6) is 5.75 Å². The maximum Gasteiger partial charge on any atom is 0.235 e. The zero-order valence-corrected chi connectivity index (χ0v) is 16.7. The maximum atomic E-state index is 12.8. The summed E-state index contributed by atoms with van der Waals surface area (Å²) >= 11 is 13.6. The number of rotatable bonds is 4. The van der Waals surface area contributed by atoms with Crippen molar-refractivity contribution >= 4 is 46.6 Å². The van der Waals surface area contributed by atoms with Crippen LogP contribution in [0.4, 0.5) is 5.69 Å². The van der Waals surface area contributed by atoms with Crippen molar-refractivity contribution in [3.8, 4) is 5.75 Å². The number of halogens is 2. The van der Waals surface area contributed by atoms with E-state index in [2.05, 4.69) is 4.90 Å². The zero-order valence-electron chi connectivity index (χ0n) is 14.4. The second kappa shape index (κ2) is 8.42. The van der Waals surface area contributed by atoms with E-state index in [1.807, 2.05) is 24.0 Å². The number of amides is 1. The summed E-state index contributed by atoms with van der Waals surface area (Å²) in [7, 11) is 0. The average molecular weight is 411 g/mol. The average Bonchev–Trinajstić information content (AvgIpc) is 2.64. The lowest BCUT2D eigenvalue weighted by Crippen LogP contribution is -2.50. The number of piperazine rings is 1. The van der Waals surface area contributed by atoms with Crippen molar-refractivity contribution in [2.24, 2.45) is 0 Å². The van der Waals surface area contributed by atoms with Gasteiger partial charge >= 0.3 is 0 Å². The Balaban J connectivity index is 1.59. The molecule has 1 unspecified atom stereocenters. The van der Waals surface area contributed by atoms with Crippen LogP contribution >= 0.6 is 35.0 Å². The highest BCUT2D eigenvalue weighted by Gasteiger charge is 2.26. The number of carbonyl (C=O) groups excluding carboxylic acids is 1. The molecule has 7 heteroatoms. The summed E-state index contributed by atoms with van der Waals surface area (Å²) in [5, 5.41) is 10.9. The number of carbonyl (C=O) groups is 1. The fourth-order valence-electron chi connectivity index (χ4n) is 2.96. The summed E-state index contributed by atoms with van der Waals surface area (Å²) in [6, 6.07) is 12.5. The molecule has 2 aromatic carbocycles. The minimum Gasteiger partial charge on any atom is -0.506 e. The molecule has 0 radical (unpaired) electrons. The Hall–Kier alpha value is -1.56. The lowest BCUT2D eigenvalue weighted by Gasteiger charge is -2.37. The van der Waals surface area contributed by atoms with Crippen LogP contribution in [-0.2, 0) is 4.79 Å². The van der Waals surface area contributed by atoms with Gasteiger partial charge in [0, 0.05) is 36.1 Å². The zero-order chi connectivity index (χ0) is 18.7. The Morgan fingerprint density at radius 2 is 1.81 bits per heavy atom. The fraction of sp³-hybridized carbons (Fsp3) is 0.316. The van der Waals surface area contributed by atoms with Gasteiger partial charge in [0.2, 0.25) is 5.91 Å². The molecule has 1 aliphatic heterocycles. The Labute approximate surface area is 167 Å². The molecule has 138 valence electrons. The van der Waals surface area contributed by atoms with Crippen LogP contribution in [0.15, 0.2) is 47.4 Å². The van der Waals surface area contributed by atoms with Crippen LogP contribution in [0.1, 0.15) is 6.92 Å².